The number of benzene rings is 1. The normalized spacial score (nSPS) is 11.2. The second kappa shape index (κ2) is 6.50. The van der Waals surface area contributed by atoms with E-state index in [9.17, 15) is 9.59 Å². The van der Waals surface area contributed by atoms with Crippen molar-refractivity contribution in [3.8, 4) is 0 Å². The van der Waals surface area contributed by atoms with Gasteiger partial charge in [0.1, 0.15) is 5.78 Å². The van der Waals surface area contributed by atoms with Crippen molar-refractivity contribution in [2.24, 2.45) is 0 Å². The van der Waals surface area contributed by atoms with E-state index in [1.165, 1.54) is 18.1 Å². The minimum Gasteiger partial charge on any atom is -0.355 e. The fraction of sp³-hybridized carbons (Fsp3) is 0.500. The van der Waals surface area contributed by atoms with Crippen LogP contribution in [0.15, 0.2) is 24.3 Å². The Bertz CT molecular complexity index is 464. The molecule has 19 heavy (non-hydrogen) atoms. The zero-order chi connectivity index (χ0) is 14.5. The molecule has 0 fully saturated rings. The highest BCUT2D eigenvalue weighted by Crippen LogP contribution is 2.23. The Morgan fingerprint density at radius 1 is 1.21 bits per heavy atom. The second-order valence-corrected chi connectivity index (χ2v) is 5.73. The lowest BCUT2D eigenvalue weighted by atomic mass is 9.84. The Kier molecular flexibility index (Phi) is 5.28. The van der Waals surface area contributed by atoms with Crippen molar-refractivity contribution >= 4 is 11.7 Å². The molecule has 1 rings (SSSR count). The van der Waals surface area contributed by atoms with E-state index < -0.39 is 0 Å². The highest BCUT2D eigenvalue weighted by atomic mass is 16.2. The zero-order valence-electron chi connectivity index (χ0n) is 12.2. The summed E-state index contributed by atoms with van der Waals surface area (Å²) < 4.78 is 0. The van der Waals surface area contributed by atoms with Crippen molar-refractivity contribution in [1.82, 2.24) is 5.32 Å². The smallest absolute Gasteiger partial charge is 0.220 e. The predicted molar refractivity (Wildman–Crippen MR) is 77.1 cm³/mol. The van der Waals surface area contributed by atoms with Crippen LogP contribution in [0.2, 0.25) is 0 Å². The lowest BCUT2D eigenvalue weighted by Crippen LogP contribution is -2.36. The van der Waals surface area contributed by atoms with E-state index >= 15 is 0 Å². The van der Waals surface area contributed by atoms with Crippen LogP contribution in [0, 0.1) is 6.92 Å². The van der Waals surface area contributed by atoms with Crippen LogP contribution in [0.4, 0.5) is 0 Å². The SMILES string of the molecule is CC(=O)CCC(=O)NCC(C)(C)c1cccc(C)c1. The lowest BCUT2D eigenvalue weighted by Gasteiger charge is -2.26. The number of hydrogen-bond acceptors (Lipinski definition) is 2. The molecule has 104 valence electrons. The summed E-state index contributed by atoms with van der Waals surface area (Å²) in [5, 5.41) is 2.91. The van der Waals surface area contributed by atoms with E-state index in [0.717, 1.165) is 0 Å². The van der Waals surface area contributed by atoms with E-state index in [1.807, 2.05) is 6.07 Å². The average Bonchev–Trinajstić information content (AvgIpc) is 2.34. The summed E-state index contributed by atoms with van der Waals surface area (Å²) in [6, 6.07) is 8.31. The van der Waals surface area contributed by atoms with Gasteiger partial charge in [-0.05, 0) is 19.4 Å². The minimum absolute atomic E-state index is 0.0492. The zero-order valence-corrected chi connectivity index (χ0v) is 12.2. The van der Waals surface area contributed by atoms with Crippen LogP contribution in [0.3, 0.4) is 0 Å². The molecule has 1 aromatic carbocycles. The molecule has 3 nitrogen and oxygen atoms in total. The summed E-state index contributed by atoms with van der Waals surface area (Å²) in [6.07, 6.45) is 0.593. The molecule has 1 amide bonds. The largest absolute Gasteiger partial charge is 0.355 e. The Morgan fingerprint density at radius 2 is 1.89 bits per heavy atom. The van der Waals surface area contributed by atoms with Crippen molar-refractivity contribution in [1.29, 1.82) is 0 Å². The van der Waals surface area contributed by atoms with Gasteiger partial charge in [-0.1, -0.05) is 43.7 Å². The molecule has 0 bridgehead atoms. The van der Waals surface area contributed by atoms with Crippen molar-refractivity contribution in [2.45, 2.75) is 46.0 Å². The lowest BCUT2D eigenvalue weighted by molar-refractivity contribution is -0.124. The maximum atomic E-state index is 11.6. The van der Waals surface area contributed by atoms with Gasteiger partial charge in [-0.25, -0.2) is 0 Å². The molecule has 1 N–H and O–H groups in total. The third-order valence-corrected chi connectivity index (χ3v) is 3.23. The number of hydrogen-bond donors (Lipinski definition) is 1. The second-order valence-electron chi connectivity index (χ2n) is 5.73. The van der Waals surface area contributed by atoms with Crippen LogP contribution < -0.4 is 5.32 Å². The molecule has 0 unspecified atom stereocenters. The summed E-state index contributed by atoms with van der Waals surface area (Å²) in [5.74, 6) is -0.0102. The minimum atomic E-state index is -0.113. The van der Waals surface area contributed by atoms with Crippen LogP contribution in [-0.2, 0) is 15.0 Å². The van der Waals surface area contributed by atoms with Crippen LogP contribution in [0.1, 0.15) is 44.7 Å². The van der Waals surface area contributed by atoms with Gasteiger partial charge in [0, 0.05) is 24.8 Å². The first-order chi connectivity index (χ1) is 8.81. The predicted octanol–water partition coefficient (Wildman–Crippen LogP) is 2.76. The van der Waals surface area contributed by atoms with Gasteiger partial charge in [0.05, 0.1) is 0 Å². The van der Waals surface area contributed by atoms with Crippen LogP contribution in [-0.4, -0.2) is 18.2 Å². The van der Waals surface area contributed by atoms with E-state index in [0.29, 0.717) is 13.0 Å². The maximum Gasteiger partial charge on any atom is 0.220 e. The van der Waals surface area contributed by atoms with Gasteiger partial charge < -0.3 is 10.1 Å². The van der Waals surface area contributed by atoms with Crippen LogP contribution in [0.5, 0.6) is 0 Å². The quantitative estimate of drug-likeness (QED) is 0.856. The molecular formula is C16H23NO2. The van der Waals surface area contributed by atoms with Gasteiger partial charge >= 0.3 is 0 Å². The molecule has 0 aliphatic rings. The number of Topliss-reactive ketones (excluding diaryl/α,β-unsaturated/α-hetero) is 1. The van der Waals surface area contributed by atoms with Crippen molar-refractivity contribution in [3.05, 3.63) is 35.4 Å². The number of carbonyl (C=O) groups excluding carboxylic acids is 2. The molecule has 0 saturated heterocycles. The van der Waals surface area contributed by atoms with E-state index in [1.54, 1.807) is 0 Å². The van der Waals surface area contributed by atoms with E-state index in [-0.39, 0.29) is 23.5 Å². The summed E-state index contributed by atoms with van der Waals surface area (Å²) in [6.45, 7) is 8.35. The van der Waals surface area contributed by atoms with E-state index in [2.05, 4.69) is 44.3 Å². The van der Waals surface area contributed by atoms with Gasteiger partial charge in [0.15, 0.2) is 0 Å². The third kappa shape index (κ3) is 5.25. The number of aryl methyl sites for hydroxylation is 1. The maximum absolute atomic E-state index is 11.6. The van der Waals surface area contributed by atoms with Crippen LogP contribution in [0.25, 0.3) is 0 Å². The summed E-state index contributed by atoms with van der Waals surface area (Å²) >= 11 is 0. The fourth-order valence-corrected chi connectivity index (χ4v) is 1.87. The van der Waals surface area contributed by atoms with Crippen molar-refractivity contribution in [3.63, 3.8) is 0 Å². The average molecular weight is 261 g/mol. The highest BCUT2D eigenvalue weighted by Gasteiger charge is 2.21. The molecule has 0 aliphatic heterocycles. The molecule has 0 atom stereocenters. The Balaban J connectivity index is 2.55. The summed E-state index contributed by atoms with van der Waals surface area (Å²) in [5.41, 5.74) is 2.31. The van der Waals surface area contributed by atoms with Gasteiger partial charge in [0.25, 0.3) is 0 Å². The molecule has 1 aromatic rings. The van der Waals surface area contributed by atoms with Crippen LogP contribution >= 0.6 is 0 Å². The van der Waals surface area contributed by atoms with Gasteiger partial charge in [0.2, 0.25) is 5.91 Å². The third-order valence-electron chi connectivity index (χ3n) is 3.23. The number of amides is 1. The molecule has 3 heteroatoms. The summed E-state index contributed by atoms with van der Waals surface area (Å²) in [4.78, 5) is 22.5. The topological polar surface area (TPSA) is 46.2 Å². The molecule has 0 heterocycles. The monoisotopic (exact) mass is 261 g/mol. The number of carbonyl (C=O) groups is 2. The molecular weight excluding hydrogens is 238 g/mol. The Morgan fingerprint density at radius 3 is 2.47 bits per heavy atom. The number of rotatable bonds is 6. The van der Waals surface area contributed by atoms with Gasteiger partial charge in [-0.2, -0.15) is 0 Å². The Labute approximate surface area is 115 Å². The number of ketones is 1. The fourth-order valence-electron chi connectivity index (χ4n) is 1.87. The molecule has 0 saturated carbocycles. The van der Waals surface area contributed by atoms with Gasteiger partial charge in [-0.15, -0.1) is 0 Å². The van der Waals surface area contributed by atoms with Crippen molar-refractivity contribution < 1.29 is 9.59 Å². The molecule has 0 spiro atoms. The first-order valence-corrected chi connectivity index (χ1v) is 6.64. The first kappa shape index (κ1) is 15.4. The van der Waals surface area contributed by atoms with Crippen molar-refractivity contribution in [2.75, 3.05) is 6.54 Å². The number of nitrogens with one attached hydrogen (secondary N) is 1. The molecule has 0 aliphatic carbocycles. The highest BCUT2D eigenvalue weighted by molar-refractivity contribution is 5.83. The first-order valence-electron chi connectivity index (χ1n) is 6.64. The van der Waals surface area contributed by atoms with Gasteiger partial charge in [-0.3, -0.25) is 4.79 Å². The molecule has 0 aromatic heterocycles. The molecule has 0 radical (unpaired) electrons. The summed E-state index contributed by atoms with van der Waals surface area (Å²) in [7, 11) is 0. The Hall–Kier alpha value is -1.64. The standard InChI is InChI=1S/C16H23NO2/c1-12-6-5-7-14(10-12)16(3,4)11-17-15(19)9-8-13(2)18/h5-7,10H,8-9,11H2,1-4H3,(H,17,19). The van der Waals surface area contributed by atoms with E-state index in [4.69, 9.17) is 0 Å².